The first-order chi connectivity index (χ1) is 21.0. The quantitative estimate of drug-likeness (QED) is 0.297. The second-order valence-electron chi connectivity index (χ2n) is 13.0. The summed E-state index contributed by atoms with van der Waals surface area (Å²) >= 11 is 1.14. The predicted octanol–water partition coefficient (Wildman–Crippen LogP) is 5.97. The van der Waals surface area contributed by atoms with Gasteiger partial charge in [0.15, 0.2) is 0 Å². The molecule has 2 amide bonds. The second-order valence-corrected chi connectivity index (χ2v) is 13.8. The van der Waals surface area contributed by atoms with E-state index < -0.39 is 17.7 Å². The molecule has 3 fully saturated rings. The van der Waals surface area contributed by atoms with Crippen LogP contribution in [0.15, 0.2) is 35.4 Å². The molecule has 238 valence electrons. The van der Waals surface area contributed by atoms with Gasteiger partial charge >= 0.3 is 6.18 Å². The Morgan fingerprint density at radius 2 is 1.93 bits per heavy atom. The molecule has 5 heterocycles. The number of amides is 2. The Kier molecular flexibility index (Phi) is 8.46. The third-order valence-electron chi connectivity index (χ3n) is 9.39. The first-order valence-electron chi connectivity index (χ1n) is 15.4. The van der Waals surface area contributed by atoms with Crippen LogP contribution in [0.3, 0.4) is 0 Å². The number of fused-ring (bicyclic) bond motifs is 6. The number of pyridine rings is 2. The molecule has 3 aliphatic heterocycles. The van der Waals surface area contributed by atoms with Crippen molar-refractivity contribution in [1.82, 2.24) is 14.7 Å². The molecule has 4 bridgehead atoms. The summed E-state index contributed by atoms with van der Waals surface area (Å²) in [5.41, 5.74) is -1.41. The van der Waals surface area contributed by atoms with E-state index >= 15 is 0 Å². The standard InChI is InChI=1S/C31H39F3N6O3S/c1-29(2)18-20-6-4-15-35-23-7-3-8-25(36-23)44-38-27(41)21-9-10-24(37-26(21)40(29)19-20)39-16-11-22(28(39)42)43-17-5-12-30(13-14-30)31(32,33)34/h3,7-10,20,22H,4-6,11-19H2,1-2H3,(H,35,36)(H,38,41). The van der Waals surface area contributed by atoms with Crippen molar-refractivity contribution in [3.63, 3.8) is 0 Å². The number of nitrogens with zero attached hydrogens (tertiary/aromatic N) is 4. The van der Waals surface area contributed by atoms with Gasteiger partial charge in [0, 0.05) is 50.1 Å². The van der Waals surface area contributed by atoms with E-state index in [1.165, 1.54) is 0 Å². The van der Waals surface area contributed by atoms with Gasteiger partial charge in [-0.1, -0.05) is 6.07 Å². The number of ether oxygens (including phenoxy) is 1. The number of aromatic nitrogens is 2. The lowest BCUT2D eigenvalue weighted by molar-refractivity contribution is -0.190. The molecule has 2 unspecified atom stereocenters. The van der Waals surface area contributed by atoms with E-state index in [0.717, 1.165) is 50.1 Å². The van der Waals surface area contributed by atoms with Crippen LogP contribution >= 0.6 is 11.9 Å². The van der Waals surface area contributed by atoms with E-state index in [2.05, 4.69) is 33.8 Å². The summed E-state index contributed by atoms with van der Waals surface area (Å²) in [5, 5.41) is 4.04. The normalized spacial score (nSPS) is 24.7. The fourth-order valence-electron chi connectivity index (χ4n) is 6.75. The highest BCUT2D eigenvalue weighted by Crippen LogP contribution is 2.60. The van der Waals surface area contributed by atoms with Gasteiger partial charge in [-0.15, -0.1) is 0 Å². The summed E-state index contributed by atoms with van der Waals surface area (Å²) in [6, 6.07) is 9.05. The molecule has 1 saturated carbocycles. The molecular weight excluding hydrogens is 593 g/mol. The Balaban J connectivity index is 1.19. The maximum Gasteiger partial charge on any atom is 0.394 e. The van der Waals surface area contributed by atoms with Crippen molar-refractivity contribution in [3.05, 3.63) is 35.9 Å². The fraction of sp³-hybridized carbons (Fsp3) is 0.613. The zero-order valence-corrected chi connectivity index (χ0v) is 25.9. The lowest BCUT2D eigenvalue weighted by Crippen LogP contribution is -2.40. The Morgan fingerprint density at radius 3 is 2.70 bits per heavy atom. The maximum absolute atomic E-state index is 13.5. The van der Waals surface area contributed by atoms with Crippen molar-refractivity contribution in [3.8, 4) is 0 Å². The van der Waals surface area contributed by atoms with Crippen LogP contribution in [0.4, 0.5) is 30.6 Å². The number of rotatable bonds is 6. The summed E-state index contributed by atoms with van der Waals surface area (Å²) in [6.07, 6.45) is -0.926. The van der Waals surface area contributed by atoms with Crippen LogP contribution in [0, 0.1) is 11.3 Å². The number of carbonyl (C=O) groups excluding carboxylic acids is 2. The number of halogens is 3. The van der Waals surface area contributed by atoms with Crippen LogP contribution in [0.5, 0.6) is 0 Å². The molecule has 2 saturated heterocycles. The average Bonchev–Trinajstić information content (AvgIpc) is 3.61. The number of alkyl halides is 3. The zero-order valence-electron chi connectivity index (χ0n) is 25.1. The van der Waals surface area contributed by atoms with Crippen molar-refractivity contribution in [2.45, 2.75) is 88.1 Å². The zero-order chi connectivity index (χ0) is 31.1. The number of hydrogen-bond donors (Lipinski definition) is 2. The van der Waals surface area contributed by atoms with Crippen molar-refractivity contribution >= 4 is 41.2 Å². The van der Waals surface area contributed by atoms with E-state index in [1.807, 2.05) is 18.2 Å². The summed E-state index contributed by atoms with van der Waals surface area (Å²) < 4.78 is 48.4. The number of carbonyl (C=O) groups is 2. The summed E-state index contributed by atoms with van der Waals surface area (Å²) in [5.74, 6) is 1.57. The van der Waals surface area contributed by atoms with Crippen molar-refractivity contribution in [1.29, 1.82) is 0 Å². The van der Waals surface area contributed by atoms with E-state index in [0.29, 0.717) is 41.1 Å². The summed E-state index contributed by atoms with van der Waals surface area (Å²) in [4.78, 5) is 40.2. The number of hydrogen-bond acceptors (Lipinski definition) is 8. The van der Waals surface area contributed by atoms with Crippen molar-refractivity contribution < 1.29 is 27.5 Å². The van der Waals surface area contributed by atoms with Crippen LogP contribution < -0.4 is 19.8 Å². The average molecular weight is 633 g/mol. The highest BCUT2D eigenvalue weighted by molar-refractivity contribution is 7.97. The Hall–Kier alpha value is -3.06. The van der Waals surface area contributed by atoms with Crippen molar-refractivity contribution in [2.24, 2.45) is 11.3 Å². The van der Waals surface area contributed by atoms with Gasteiger partial charge in [-0.2, -0.15) is 13.2 Å². The number of anilines is 3. The smallest absolute Gasteiger partial charge is 0.370 e. The molecule has 9 nitrogen and oxygen atoms in total. The number of nitrogens with one attached hydrogen (secondary N) is 2. The fourth-order valence-corrected chi connectivity index (χ4v) is 7.35. The van der Waals surface area contributed by atoms with Gasteiger partial charge in [0.2, 0.25) is 0 Å². The van der Waals surface area contributed by atoms with E-state index in [9.17, 15) is 22.8 Å². The minimum absolute atomic E-state index is 0.0263. The van der Waals surface area contributed by atoms with Crippen LogP contribution in [0.25, 0.3) is 0 Å². The van der Waals surface area contributed by atoms with Gasteiger partial charge < -0.3 is 15.0 Å². The van der Waals surface area contributed by atoms with E-state index in [1.54, 1.807) is 17.0 Å². The third-order valence-corrected chi connectivity index (χ3v) is 10.1. The lowest BCUT2D eigenvalue weighted by atomic mass is 9.93. The van der Waals surface area contributed by atoms with Crippen molar-refractivity contribution in [2.75, 3.05) is 41.4 Å². The first kappa shape index (κ1) is 30.9. The van der Waals surface area contributed by atoms with Gasteiger partial charge in [-0.25, -0.2) is 9.97 Å². The van der Waals surface area contributed by atoms with Gasteiger partial charge in [0.25, 0.3) is 11.8 Å². The molecule has 0 spiro atoms. The molecule has 0 radical (unpaired) electrons. The second kappa shape index (κ2) is 12.0. The van der Waals surface area contributed by atoms with Gasteiger partial charge in [0.1, 0.15) is 28.6 Å². The van der Waals surface area contributed by atoms with Gasteiger partial charge in [-0.05, 0) is 89.0 Å². The van der Waals surface area contributed by atoms with Crippen LogP contribution in [-0.4, -0.2) is 65.8 Å². The maximum atomic E-state index is 13.5. The summed E-state index contributed by atoms with van der Waals surface area (Å²) in [6.45, 7) is 6.33. The monoisotopic (exact) mass is 632 g/mol. The minimum Gasteiger partial charge on any atom is -0.370 e. The molecule has 13 heteroatoms. The molecule has 4 aliphatic rings. The molecule has 1 aliphatic carbocycles. The molecule has 44 heavy (non-hydrogen) atoms. The molecule has 6 rings (SSSR count). The lowest BCUT2D eigenvalue weighted by Gasteiger charge is -2.34. The molecule has 2 atom stereocenters. The van der Waals surface area contributed by atoms with Gasteiger partial charge in [0.05, 0.1) is 11.0 Å². The van der Waals surface area contributed by atoms with E-state index in [4.69, 9.17) is 9.72 Å². The molecular formula is C31H39F3N6O3S. The molecule has 2 N–H and O–H groups in total. The summed E-state index contributed by atoms with van der Waals surface area (Å²) in [7, 11) is 0. The SMILES string of the molecule is CC1(C)CC2CCCNc3cccc(n3)SNC(=O)c3ccc(N4CCC(OCCCC5(C(F)(F)F)CC5)C4=O)nc3N1C2. The molecule has 2 aromatic heterocycles. The highest BCUT2D eigenvalue weighted by Gasteiger charge is 2.62. The van der Waals surface area contributed by atoms with E-state index in [-0.39, 0.29) is 49.6 Å². The van der Waals surface area contributed by atoms with Crippen LogP contribution in [0.2, 0.25) is 0 Å². The highest BCUT2D eigenvalue weighted by atomic mass is 32.2. The molecule has 2 aromatic rings. The minimum atomic E-state index is -4.18. The Labute approximate surface area is 259 Å². The van der Waals surface area contributed by atoms with Crippen LogP contribution in [0.1, 0.15) is 75.6 Å². The van der Waals surface area contributed by atoms with Crippen LogP contribution in [-0.2, 0) is 9.53 Å². The topological polar surface area (TPSA) is 99.7 Å². The largest absolute Gasteiger partial charge is 0.394 e. The Morgan fingerprint density at radius 1 is 1.11 bits per heavy atom. The first-order valence-corrected chi connectivity index (χ1v) is 16.2. The Bertz CT molecular complexity index is 1400. The van der Waals surface area contributed by atoms with Gasteiger partial charge in [-0.3, -0.25) is 19.2 Å². The third kappa shape index (κ3) is 6.35. The predicted molar refractivity (Wildman–Crippen MR) is 163 cm³/mol. The molecule has 0 aromatic carbocycles.